The third-order valence-corrected chi connectivity index (χ3v) is 3.98. The number of carbonyl (C=O) groups is 1. The Morgan fingerprint density at radius 3 is 2.77 bits per heavy atom. The van der Waals surface area contributed by atoms with Crippen LogP contribution in [0.1, 0.15) is 31.4 Å². The normalized spacial score (nSPS) is 19.4. The molecule has 0 aliphatic carbocycles. The molecule has 1 saturated heterocycles. The van der Waals surface area contributed by atoms with E-state index in [1.165, 1.54) is 6.42 Å². The quantitative estimate of drug-likeness (QED) is 0.873. The number of rotatable bonds is 6. The smallest absolute Gasteiger partial charge is 0.256 e. The number of nitrogens with zero attached hydrogens (tertiary/aromatic N) is 1. The van der Waals surface area contributed by atoms with E-state index < -0.39 is 6.10 Å². The number of likely N-dealkylation sites (tertiary alicyclic amines) is 1. The molecule has 1 aromatic carbocycles. The van der Waals surface area contributed by atoms with E-state index in [0.29, 0.717) is 12.5 Å². The SMILES string of the molecule is CCOC(C(=O)N1CCCC(CNC)C1)c1ccccc1.Cl. The molecule has 1 fully saturated rings. The highest BCUT2D eigenvalue weighted by Gasteiger charge is 2.30. The number of halogens is 1. The van der Waals surface area contributed by atoms with Gasteiger partial charge in [-0.1, -0.05) is 30.3 Å². The van der Waals surface area contributed by atoms with Gasteiger partial charge in [0.25, 0.3) is 5.91 Å². The van der Waals surface area contributed by atoms with Crippen molar-refractivity contribution in [2.75, 3.05) is 33.3 Å². The van der Waals surface area contributed by atoms with Crippen LogP contribution in [0.25, 0.3) is 0 Å². The predicted molar refractivity (Wildman–Crippen MR) is 91.3 cm³/mol. The fraction of sp³-hybridized carbons (Fsp3) is 0.588. The average molecular weight is 327 g/mol. The molecule has 124 valence electrons. The Hall–Kier alpha value is -1.10. The molecule has 0 saturated carbocycles. The van der Waals surface area contributed by atoms with Gasteiger partial charge in [-0.2, -0.15) is 0 Å². The van der Waals surface area contributed by atoms with Gasteiger partial charge in [-0.15, -0.1) is 12.4 Å². The minimum atomic E-state index is -0.468. The van der Waals surface area contributed by atoms with E-state index in [1.54, 1.807) is 0 Å². The summed E-state index contributed by atoms with van der Waals surface area (Å²) in [6, 6.07) is 9.80. The van der Waals surface area contributed by atoms with Crippen molar-refractivity contribution in [2.24, 2.45) is 5.92 Å². The molecule has 0 radical (unpaired) electrons. The van der Waals surface area contributed by atoms with Crippen LogP contribution in [-0.2, 0) is 9.53 Å². The third-order valence-electron chi connectivity index (χ3n) is 3.98. The lowest BCUT2D eigenvalue weighted by molar-refractivity contribution is -0.145. The summed E-state index contributed by atoms with van der Waals surface area (Å²) in [5.74, 6) is 0.648. The first-order valence-corrected chi connectivity index (χ1v) is 7.86. The molecule has 1 heterocycles. The van der Waals surface area contributed by atoms with Crippen LogP contribution in [0.5, 0.6) is 0 Å². The predicted octanol–water partition coefficient (Wildman–Crippen LogP) is 2.64. The minimum absolute atomic E-state index is 0. The molecule has 2 atom stereocenters. The molecule has 4 nitrogen and oxygen atoms in total. The first-order chi connectivity index (χ1) is 10.3. The number of benzene rings is 1. The second-order valence-corrected chi connectivity index (χ2v) is 5.60. The molecule has 1 aliphatic rings. The molecule has 0 spiro atoms. The highest BCUT2D eigenvalue weighted by molar-refractivity contribution is 5.85. The van der Waals surface area contributed by atoms with Crippen LogP contribution in [0.2, 0.25) is 0 Å². The molecule has 0 aromatic heterocycles. The van der Waals surface area contributed by atoms with Gasteiger partial charge >= 0.3 is 0 Å². The zero-order valence-electron chi connectivity index (χ0n) is 13.5. The monoisotopic (exact) mass is 326 g/mol. The number of amides is 1. The van der Waals surface area contributed by atoms with Crippen LogP contribution < -0.4 is 5.32 Å². The van der Waals surface area contributed by atoms with Crippen molar-refractivity contribution in [3.8, 4) is 0 Å². The summed E-state index contributed by atoms with van der Waals surface area (Å²) in [7, 11) is 1.97. The summed E-state index contributed by atoms with van der Waals surface area (Å²) >= 11 is 0. The van der Waals surface area contributed by atoms with E-state index in [2.05, 4.69) is 5.32 Å². The van der Waals surface area contributed by atoms with Gasteiger partial charge in [0.2, 0.25) is 0 Å². The third kappa shape index (κ3) is 4.97. The average Bonchev–Trinajstić information content (AvgIpc) is 2.53. The lowest BCUT2D eigenvalue weighted by atomic mass is 9.97. The Labute approximate surface area is 139 Å². The topological polar surface area (TPSA) is 41.6 Å². The Balaban J connectivity index is 0.00000242. The lowest BCUT2D eigenvalue weighted by Crippen LogP contribution is -2.44. The van der Waals surface area contributed by atoms with E-state index in [0.717, 1.165) is 31.6 Å². The van der Waals surface area contributed by atoms with E-state index in [-0.39, 0.29) is 18.3 Å². The summed E-state index contributed by atoms with van der Waals surface area (Å²) in [4.78, 5) is 14.8. The summed E-state index contributed by atoms with van der Waals surface area (Å²) in [5, 5.41) is 3.21. The van der Waals surface area contributed by atoms with Crippen molar-refractivity contribution in [3.05, 3.63) is 35.9 Å². The number of hydrogen-bond donors (Lipinski definition) is 1. The largest absolute Gasteiger partial charge is 0.364 e. The van der Waals surface area contributed by atoms with E-state index in [1.807, 2.05) is 49.2 Å². The molecule has 2 unspecified atom stereocenters. The van der Waals surface area contributed by atoms with E-state index in [9.17, 15) is 4.79 Å². The van der Waals surface area contributed by atoms with Gasteiger partial charge in [0.15, 0.2) is 6.10 Å². The van der Waals surface area contributed by atoms with Crippen LogP contribution in [0.4, 0.5) is 0 Å². The summed E-state index contributed by atoms with van der Waals surface area (Å²) in [6.07, 6.45) is 1.80. The Morgan fingerprint density at radius 2 is 2.14 bits per heavy atom. The number of piperidine rings is 1. The zero-order chi connectivity index (χ0) is 15.1. The molecule has 1 N–H and O–H groups in total. The van der Waals surface area contributed by atoms with Gasteiger partial charge < -0.3 is 15.0 Å². The number of nitrogens with one attached hydrogen (secondary N) is 1. The van der Waals surface area contributed by atoms with Crippen LogP contribution in [0.3, 0.4) is 0 Å². The van der Waals surface area contributed by atoms with Crippen LogP contribution in [0.15, 0.2) is 30.3 Å². The maximum atomic E-state index is 12.8. The first kappa shape index (κ1) is 18.9. The Morgan fingerprint density at radius 1 is 1.41 bits per heavy atom. The van der Waals surface area contributed by atoms with Gasteiger partial charge in [0.05, 0.1) is 0 Å². The fourth-order valence-electron chi connectivity index (χ4n) is 2.99. The lowest BCUT2D eigenvalue weighted by Gasteiger charge is -2.35. The van der Waals surface area contributed by atoms with Gasteiger partial charge in [-0.05, 0) is 44.8 Å². The highest BCUT2D eigenvalue weighted by atomic mass is 35.5. The van der Waals surface area contributed by atoms with Gasteiger partial charge in [-0.25, -0.2) is 0 Å². The van der Waals surface area contributed by atoms with Gasteiger partial charge in [-0.3, -0.25) is 4.79 Å². The Kier molecular flexibility index (Phi) is 8.46. The molecule has 1 aliphatic heterocycles. The molecular formula is C17H27ClN2O2. The van der Waals surface area contributed by atoms with E-state index >= 15 is 0 Å². The van der Waals surface area contributed by atoms with Crippen LogP contribution in [0, 0.1) is 5.92 Å². The summed E-state index contributed by atoms with van der Waals surface area (Å²) in [5.41, 5.74) is 0.945. The molecule has 1 aromatic rings. The first-order valence-electron chi connectivity index (χ1n) is 7.86. The van der Waals surface area contributed by atoms with Crippen LogP contribution >= 0.6 is 12.4 Å². The van der Waals surface area contributed by atoms with Crippen molar-refractivity contribution in [2.45, 2.75) is 25.9 Å². The van der Waals surface area contributed by atoms with Gasteiger partial charge in [0, 0.05) is 19.7 Å². The molecule has 22 heavy (non-hydrogen) atoms. The standard InChI is InChI=1S/C17H26N2O2.ClH/c1-3-21-16(15-9-5-4-6-10-15)17(20)19-11-7-8-14(13-19)12-18-2;/h4-6,9-10,14,16,18H,3,7-8,11-13H2,1-2H3;1H. The summed E-state index contributed by atoms with van der Waals surface area (Å²) in [6.45, 7) is 5.11. The molecule has 1 amide bonds. The molecule has 0 bridgehead atoms. The highest BCUT2D eigenvalue weighted by Crippen LogP contribution is 2.24. The minimum Gasteiger partial charge on any atom is -0.364 e. The Bertz CT molecular complexity index is 440. The zero-order valence-corrected chi connectivity index (χ0v) is 14.3. The molecular weight excluding hydrogens is 300 g/mol. The van der Waals surface area contributed by atoms with Crippen molar-refractivity contribution in [1.82, 2.24) is 10.2 Å². The van der Waals surface area contributed by atoms with Crippen molar-refractivity contribution < 1.29 is 9.53 Å². The molecule has 2 rings (SSSR count). The summed E-state index contributed by atoms with van der Waals surface area (Å²) < 4.78 is 5.73. The van der Waals surface area contributed by atoms with Crippen molar-refractivity contribution >= 4 is 18.3 Å². The fourth-order valence-corrected chi connectivity index (χ4v) is 2.99. The number of carbonyl (C=O) groups excluding carboxylic acids is 1. The molecule has 5 heteroatoms. The second-order valence-electron chi connectivity index (χ2n) is 5.60. The van der Waals surface area contributed by atoms with E-state index in [4.69, 9.17) is 4.74 Å². The van der Waals surface area contributed by atoms with Gasteiger partial charge in [0.1, 0.15) is 0 Å². The van der Waals surface area contributed by atoms with Crippen molar-refractivity contribution in [1.29, 1.82) is 0 Å². The second kappa shape index (κ2) is 9.82. The maximum Gasteiger partial charge on any atom is 0.256 e. The number of ether oxygens (including phenoxy) is 1. The van der Waals surface area contributed by atoms with Crippen molar-refractivity contribution in [3.63, 3.8) is 0 Å². The van der Waals surface area contributed by atoms with Crippen LogP contribution in [-0.4, -0.2) is 44.1 Å². The maximum absolute atomic E-state index is 12.8. The number of hydrogen-bond acceptors (Lipinski definition) is 3.